The third-order valence-electron chi connectivity index (χ3n) is 5.21. The van der Waals surface area contributed by atoms with Gasteiger partial charge in [-0.1, -0.05) is 41.4 Å². The Morgan fingerprint density at radius 1 is 1.16 bits per heavy atom. The van der Waals surface area contributed by atoms with Crippen molar-refractivity contribution < 1.29 is 9.90 Å². The number of hydrogen-bond acceptors (Lipinski definition) is 4. The van der Waals surface area contributed by atoms with Crippen molar-refractivity contribution in [3.8, 4) is 11.4 Å². The first-order valence-corrected chi connectivity index (χ1v) is 10.8. The molecule has 1 unspecified atom stereocenters. The molecule has 1 aromatic heterocycles. The maximum atomic E-state index is 13.0. The van der Waals surface area contributed by atoms with Crippen molar-refractivity contribution in [1.82, 2.24) is 19.7 Å². The lowest BCUT2D eigenvalue weighted by Crippen LogP contribution is -2.36. The second kappa shape index (κ2) is 9.26. The van der Waals surface area contributed by atoms with Crippen LogP contribution >= 0.6 is 23.2 Å². The summed E-state index contributed by atoms with van der Waals surface area (Å²) in [7, 11) is 0. The molecule has 0 aliphatic heterocycles. The zero-order chi connectivity index (χ0) is 22.0. The van der Waals surface area contributed by atoms with Gasteiger partial charge in [0.15, 0.2) is 5.82 Å². The van der Waals surface area contributed by atoms with Crippen LogP contribution in [0.3, 0.4) is 0 Å². The molecule has 0 radical (unpaired) electrons. The van der Waals surface area contributed by atoms with Crippen LogP contribution < -0.4 is 11.0 Å². The first-order chi connectivity index (χ1) is 15.0. The van der Waals surface area contributed by atoms with Crippen molar-refractivity contribution in [1.29, 1.82) is 0 Å². The first-order valence-electron chi connectivity index (χ1n) is 10.1. The van der Waals surface area contributed by atoms with Gasteiger partial charge < -0.3 is 10.4 Å². The summed E-state index contributed by atoms with van der Waals surface area (Å²) >= 11 is 12.2. The molecule has 1 aliphatic rings. The summed E-state index contributed by atoms with van der Waals surface area (Å²) < 4.78 is 2.83. The van der Waals surface area contributed by atoms with Crippen LogP contribution in [0, 0.1) is 0 Å². The third-order valence-corrected chi connectivity index (χ3v) is 5.81. The summed E-state index contributed by atoms with van der Waals surface area (Å²) in [5.74, 6) is 0.138. The van der Waals surface area contributed by atoms with Gasteiger partial charge in [-0.15, -0.1) is 5.10 Å². The van der Waals surface area contributed by atoms with Gasteiger partial charge >= 0.3 is 5.69 Å². The minimum Gasteiger partial charge on any atom is -0.396 e. The lowest BCUT2D eigenvalue weighted by Gasteiger charge is -2.19. The SMILES string of the molecule is O=C(Cn1nc(-c2ccc(Cl)cc2)n(C2CC2)c1=O)NC(CCO)c1ccccc1Cl. The Bertz CT molecular complexity index is 1140. The molecule has 7 nitrogen and oxygen atoms in total. The molecule has 31 heavy (non-hydrogen) atoms. The van der Waals surface area contributed by atoms with Gasteiger partial charge in [0.25, 0.3) is 0 Å². The Morgan fingerprint density at radius 3 is 2.52 bits per heavy atom. The maximum absolute atomic E-state index is 13.0. The molecular weight excluding hydrogens is 439 g/mol. The predicted molar refractivity (Wildman–Crippen MR) is 119 cm³/mol. The zero-order valence-electron chi connectivity index (χ0n) is 16.7. The van der Waals surface area contributed by atoms with E-state index >= 15 is 0 Å². The highest BCUT2D eigenvalue weighted by Crippen LogP contribution is 2.36. The van der Waals surface area contributed by atoms with E-state index in [0.29, 0.717) is 27.9 Å². The molecule has 0 bridgehead atoms. The van der Waals surface area contributed by atoms with E-state index in [1.807, 2.05) is 18.2 Å². The molecule has 4 rings (SSSR count). The molecule has 3 aromatic rings. The monoisotopic (exact) mass is 460 g/mol. The fourth-order valence-corrected chi connectivity index (χ4v) is 3.94. The van der Waals surface area contributed by atoms with Crippen molar-refractivity contribution in [3.63, 3.8) is 0 Å². The van der Waals surface area contributed by atoms with E-state index in [4.69, 9.17) is 23.2 Å². The normalized spacial score (nSPS) is 14.4. The van der Waals surface area contributed by atoms with E-state index in [9.17, 15) is 14.7 Å². The standard InChI is InChI=1S/C22H22Cl2N4O3/c23-15-7-5-14(6-8-15)21-26-27(22(31)28(21)16-9-10-16)13-20(30)25-19(11-12-29)17-3-1-2-4-18(17)24/h1-8,16,19,29H,9-13H2,(H,25,30). The Kier molecular flexibility index (Phi) is 6.46. The van der Waals surface area contributed by atoms with Gasteiger partial charge in [-0.2, -0.15) is 0 Å². The van der Waals surface area contributed by atoms with Crippen molar-refractivity contribution >= 4 is 29.1 Å². The third kappa shape index (κ3) is 4.84. The first kappa shape index (κ1) is 21.6. The van der Waals surface area contributed by atoms with Gasteiger partial charge in [0.05, 0.1) is 6.04 Å². The Morgan fingerprint density at radius 2 is 1.87 bits per heavy atom. The van der Waals surface area contributed by atoms with E-state index in [-0.39, 0.29) is 30.8 Å². The second-order valence-electron chi connectivity index (χ2n) is 7.53. The largest absolute Gasteiger partial charge is 0.396 e. The topological polar surface area (TPSA) is 89.2 Å². The van der Waals surface area contributed by atoms with E-state index in [0.717, 1.165) is 18.4 Å². The molecule has 2 aromatic carbocycles. The summed E-state index contributed by atoms with van der Waals surface area (Å²) in [4.78, 5) is 25.7. The number of aromatic nitrogens is 3. The lowest BCUT2D eigenvalue weighted by atomic mass is 10.0. The van der Waals surface area contributed by atoms with Gasteiger partial charge in [-0.05, 0) is 55.2 Å². The molecule has 162 valence electrons. The fourth-order valence-electron chi connectivity index (χ4n) is 3.55. The molecule has 0 spiro atoms. The average molecular weight is 461 g/mol. The van der Waals surface area contributed by atoms with Crippen LogP contribution in [-0.2, 0) is 11.3 Å². The highest BCUT2D eigenvalue weighted by molar-refractivity contribution is 6.31. The van der Waals surface area contributed by atoms with E-state index in [1.165, 1.54) is 4.68 Å². The van der Waals surface area contributed by atoms with Crippen LogP contribution in [0.1, 0.15) is 36.9 Å². The van der Waals surface area contributed by atoms with E-state index in [1.54, 1.807) is 34.9 Å². The smallest absolute Gasteiger partial charge is 0.346 e. The maximum Gasteiger partial charge on any atom is 0.346 e. The Balaban J connectivity index is 1.58. The average Bonchev–Trinajstić information content (AvgIpc) is 3.53. The minimum atomic E-state index is -0.469. The second-order valence-corrected chi connectivity index (χ2v) is 8.37. The number of hydrogen-bond donors (Lipinski definition) is 2. The number of amides is 1. The highest BCUT2D eigenvalue weighted by atomic mass is 35.5. The summed E-state index contributed by atoms with van der Waals surface area (Å²) in [6.45, 7) is -0.349. The summed E-state index contributed by atoms with van der Waals surface area (Å²) in [5.41, 5.74) is 1.16. The molecule has 1 aliphatic carbocycles. The molecule has 1 atom stereocenters. The molecule has 1 heterocycles. The number of rotatable bonds is 8. The lowest BCUT2D eigenvalue weighted by molar-refractivity contribution is -0.122. The number of nitrogens with zero attached hydrogens (tertiary/aromatic N) is 3. The Labute approximate surface area is 189 Å². The van der Waals surface area contributed by atoms with Gasteiger partial charge in [-0.25, -0.2) is 9.48 Å². The number of halogens is 2. The summed E-state index contributed by atoms with van der Waals surface area (Å²) in [5, 5.41) is 17.8. The predicted octanol–water partition coefficient (Wildman–Crippen LogP) is 3.59. The molecule has 1 fully saturated rings. The fraction of sp³-hybridized carbons (Fsp3) is 0.318. The van der Waals surface area contributed by atoms with Gasteiger partial charge in [0, 0.05) is 28.3 Å². The number of carbonyl (C=O) groups is 1. The van der Waals surface area contributed by atoms with Gasteiger partial charge in [0.2, 0.25) is 5.91 Å². The number of benzene rings is 2. The molecule has 0 saturated heterocycles. The quantitative estimate of drug-likeness (QED) is 0.537. The van der Waals surface area contributed by atoms with Crippen molar-refractivity contribution in [2.45, 2.75) is 37.9 Å². The highest BCUT2D eigenvalue weighted by Gasteiger charge is 2.31. The molecule has 1 amide bonds. The van der Waals surface area contributed by atoms with Crippen molar-refractivity contribution in [2.24, 2.45) is 0 Å². The van der Waals surface area contributed by atoms with Crippen molar-refractivity contribution in [3.05, 3.63) is 74.6 Å². The van der Waals surface area contributed by atoms with Gasteiger partial charge in [-0.3, -0.25) is 9.36 Å². The number of aliphatic hydroxyl groups is 1. The number of nitrogens with one attached hydrogen (secondary N) is 1. The minimum absolute atomic E-state index is 0.0975. The van der Waals surface area contributed by atoms with Gasteiger partial charge in [0.1, 0.15) is 6.54 Å². The number of carbonyl (C=O) groups excluding carboxylic acids is 1. The van der Waals surface area contributed by atoms with E-state index < -0.39 is 6.04 Å². The van der Waals surface area contributed by atoms with Crippen LogP contribution in [0.15, 0.2) is 53.3 Å². The number of aliphatic hydroxyl groups excluding tert-OH is 1. The van der Waals surface area contributed by atoms with Crippen LogP contribution in [0.25, 0.3) is 11.4 Å². The molecule has 9 heteroatoms. The summed E-state index contributed by atoms with van der Waals surface area (Å²) in [6.07, 6.45) is 2.11. The zero-order valence-corrected chi connectivity index (χ0v) is 18.2. The molecular formula is C22H22Cl2N4O3. The van der Waals surface area contributed by atoms with Crippen LogP contribution in [-0.4, -0.2) is 32.0 Å². The Hall–Kier alpha value is -2.61. The van der Waals surface area contributed by atoms with E-state index in [2.05, 4.69) is 10.4 Å². The summed E-state index contributed by atoms with van der Waals surface area (Å²) in [6, 6.07) is 13.9. The van der Waals surface area contributed by atoms with Crippen LogP contribution in [0.4, 0.5) is 0 Å². The molecule has 2 N–H and O–H groups in total. The van der Waals surface area contributed by atoms with Crippen LogP contribution in [0.2, 0.25) is 10.0 Å². The van der Waals surface area contributed by atoms with Crippen molar-refractivity contribution in [2.75, 3.05) is 6.61 Å². The molecule has 1 saturated carbocycles. The van der Waals surface area contributed by atoms with Crippen LogP contribution in [0.5, 0.6) is 0 Å².